The van der Waals surface area contributed by atoms with E-state index in [4.69, 9.17) is 9.15 Å². The number of pyridine rings is 1. The number of nitrogens with one attached hydrogen (secondary N) is 2. The van der Waals surface area contributed by atoms with E-state index < -0.39 is 0 Å². The molecule has 2 N–H and O–H groups in total. The number of ether oxygens (including phenoxy) is 1. The van der Waals surface area contributed by atoms with Crippen molar-refractivity contribution < 1.29 is 9.15 Å². The highest BCUT2D eigenvalue weighted by molar-refractivity contribution is 14.0. The summed E-state index contributed by atoms with van der Waals surface area (Å²) in [6.07, 6.45) is 8.06. The van der Waals surface area contributed by atoms with Gasteiger partial charge in [0.25, 0.3) is 0 Å². The predicted molar refractivity (Wildman–Crippen MR) is 123 cm³/mol. The Balaban J connectivity index is 0.00000300. The molecule has 0 radical (unpaired) electrons. The first-order valence-electron chi connectivity index (χ1n) is 9.26. The largest absolute Gasteiger partial charge is 0.467 e. The van der Waals surface area contributed by atoms with Gasteiger partial charge in [-0.3, -0.25) is 9.56 Å². The third kappa shape index (κ3) is 7.17. The maximum absolute atomic E-state index is 5.56. The third-order valence-corrected chi connectivity index (χ3v) is 4.15. The van der Waals surface area contributed by atoms with Gasteiger partial charge in [0.05, 0.1) is 6.26 Å². The van der Waals surface area contributed by atoms with E-state index in [1.54, 1.807) is 19.5 Å². The molecule has 3 aromatic heterocycles. The van der Waals surface area contributed by atoms with Crippen molar-refractivity contribution in [3.8, 4) is 5.82 Å². The summed E-state index contributed by atoms with van der Waals surface area (Å²) < 4.78 is 12.7. The van der Waals surface area contributed by atoms with E-state index >= 15 is 0 Å². The molecule has 0 saturated heterocycles. The molecule has 29 heavy (non-hydrogen) atoms. The molecule has 0 unspecified atom stereocenters. The number of hydrogen-bond donors (Lipinski definition) is 2. The van der Waals surface area contributed by atoms with Crippen LogP contribution < -0.4 is 10.6 Å². The van der Waals surface area contributed by atoms with Crippen LogP contribution in [0.25, 0.3) is 5.82 Å². The maximum atomic E-state index is 5.56. The van der Waals surface area contributed by atoms with E-state index in [0.29, 0.717) is 19.8 Å². The first-order chi connectivity index (χ1) is 13.8. The summed E-state index contributed by atoms with van der Waals surface area (Å²) in [6.45, 7) is 4.53. The lowest BCUT2D eigenvalue weighted by Gasteiger charge is -2.12. The van der Waals surface area contributed by atoms with Gasteiger partial charge in [-0.1, -0.05) is 6.07 Å². The van der Waals surface area contributed by atoms with Crippen molar-refractivity contribution >= 4 is 29.9 Å². The van der Waals surface area contributed by atoms with Crippen LogP contribution in [0.2, 0.25) is 0 Å². The topological polar surface area (TPSA) is 89.5 Å². The van der Waals surface area contributed by atoms with Crippen molar-refractivity contribution in [1.29, 1.82) is 0 Å². The lowest BCUT2D eigenvalue weighted by Crippen LogP contribution is -2.37. The summed E-state index contributed by atoms with van der Waals surface area (Å²) in [5.74, 6) is 3.36. The lowest BCUT2D eigenvalue weighted by atomic mass is 10.3. The highest BCUT2D eigenvalue weighted by Crippen LogP contribution is 2.08. The van der Waals surface area contributed by atoms with Crippen LogP contribution in [0, 0.1) is 6.92 Å². The number of guanidine groups is 1. The summed E-state index contributed by atoms with van der Waals surface area (Å²) in [5, 5.41) is 6.57. The summed E-state index contributed by atoms with van der Waals surface area (Å²) in [6, 6.07) is 7.79. The van der Waals surface area contributed by atoms with Gasteiger partial charge in [0.2, 0.25) is 0 Å². The standard InChI is InChI=1S/C20H26N6O2.HI/c1-16-22-9-10-26(16)19-7-6-17(13-24-19)14-25-20(21-2)23-8-4-11-27-15-18-5-3-12-28-18;/h3,5-7,9-10,12-13H,4,8,11,14-15H2,1-2H3,(H2,21,23,25);1H. The Morgan fingerprint density at radius 3 is 2.79 bits per heavy atom. The zero-order chi connectivity index (χ0) is 19.6. The fourth-order valence-corrected chi connectivity index (χ4v) is 2.64. The highest BCUT2D eigenvalue weighted by atomic mass is 127. The molecule has 0 saturated carbocycles. The minimum Gasteiger partial charge on any atom is -0.467 e. The van der Waals surface area contributed by atoms with Gasteiger partial charge in [0, 0.05) is 45.3 Å². The van der Waals surface area contributed by atoms with Crippen LogP contribution in [0.4, 0.5) is 0 Å². The van der Waals surface area contributed by atoms with E-state index in [1.807, 2.05) is 48.1 Å². The molecule has 3 rings (SSSR count). The van der Waals surface area contributed by atoms with Gasteiger partial charge < -0.3 is 19.8 Å². The van der Waals surface area contributed by atoms with Gasteiger partial charge in [0.1, 0.15) is 24.0 Å². The SMILES string of the molecule is CN=C(NCCCOCc1ccco1)NCc1ccc(-n2ccnc2C)nc1.I. The summed E-state index contributed by atoms with van der Waals surface area (Å²) in [5.41, 5.74) is 1.08. The molecule has 0 bridgehead atoms. The summed E-state index contributed by atoms with van der Waals surface area (Å²) in [4.78, 5) is 13.0. The number of furan rings is 1. The summed E-state index contributed by atoms with van der Waals surface area (Å²) in [7, 11) is 1.76. The molecule has 0 aliphatic carbocycles. The Morgan fingerprint density at radius 2 is 2.14 bits per heavy atom. The van der Waals surface area contributed by atoms with Crippen LogP contribution in [0.15, 0.2) is 58.5 Å². The zero-order valence-electron chi connectivity index (χ0n) is 16.7. The number of aliphatic imine (C=N–C) groups is 1. The van der Waals surface area contributed by atoms with Crippen LogP contribution in [-0.2, 0) is 17.9 Å². The monoisotopic (exact) mass is 510 g/mol. The number of aryl methyl sites for hydroxylation is 1. The van der Waals surface area contributed by atoms with Gasteiger partial charge in [0.15, 0.2) is 5.96 Å². The number of imidazole rings is 1. The van der Waals surface area contributed by atoms with E-state index in [9.17, 15) is 0 Å². The molecule has 156 valence electrons. The van der Waals surface area contributed by atoms with E-state index in [1.165, 1.54) is 0 Å². The molecule has 0 spiro atoms. The molecule has 9 heteroatoms. The third-order valence-electron chi connectivity index (χ3n) is 4.15. The number of hydrogen-bond acceptors (Lipinski definition) is 5. The van der Waals surface area contributed by atoms with Crippen molar-refractivity contribution in [3.05, 3.63) is 66.3 Å². The van der Waals surface area contributed by atoms with E-state index in [0.717, 1.165) is 41.9 Å². The molecular weight excluding hydrogens is 483 g/mol. The number of nitrogens with zero attached hydrogens (tertiary/aromatic N) is 4. The first-order valence-corrected chi connectivity index (χ1v) is 9.26. The van der Waals surface area contributed by atoms with Crippen LogP contribution >= 0.6 is 24.0 Å². The summed E-state index contributed by atoms with van der Waals surface area (Å²) >= 11 is 0. The fraction of sp³-hybridized carbons (Fsp3) is 0.350. The number of aromatic nitrogens is 3. The molecule has 0 amide bonds. The van der Waals surface area contributed by atoms with E-state index in [2.05, 4.69) is 25.6 Å². The predicted octanol–water partition coefficient (Wildman–Crippen LogP) is 3.06. The Kier molecular flexibility index (Phi) is 9.65. The Bertz CT molecular complexity index is 861. The zero-order valence-corrected chi connectivity index (χ0v) is 19.0. The Morgan fingerprint density at radius 1 is 1.24 bits per heavy atom. The van der Waals surface area contributed by atoms with E-state index in [-0.39, 0.29) is 24.0 Å². The maximum Gasteiger partial charge on any atom is 0.191 e. The minimum atomic E-state index is 0. The van der Waals surface area contributed by atoms with Crippen LogP contribution in [0.5, 0.6) is 0 Å². The molecule has 3 aromatic rings. The average molecular weight is 510 g/mol. The van der Waals surface area contributed by atoms with Crippen molar-refractivity contribution in [2.24, 2.45) is 4.99 Å². The quantitative estimate of drug-likeness (QED) is 0.199. The fourth-order valence-electron chi connectivity index (χ4n) is 2.64. The highest BCUT2D eigenvalue weighted by Gasteiger charge is 2.03. The van der Waals surface area contributed by atoms with Gasteiger partial charge in [-0.15, -0.1) is 24.0 Å². The molecular formula is C20H27IN6O2. The van der Waals surface area contributed by atoms with Crippen molar-refractivity contribution in [3.63, 3.8) is 0 Å². The lowest BCUT2D eigenvalue weighted by molar-refractivity contribution is 0.105. The second kappa shape index (κ2) is 12.2. The van der Waals surface area contributed by atoms with Crippen LogP contribution in [-0.4, -0.2) is 40.7 Å². The molecule has 0 fully saturated rings. The second-order valence-corrected chi connectivity index (χ2v) is 6.21. The molecule has 8 nitrogen and oxygen atoms in total. The van der Waals surface area contributed by atoms with Gasteiger partial charge in [-0.05, 0) is 37.1 Å². The number of rotatable bonds is 9. The van der Waals surface area contributed by atoms with Gasteiger partial charge >= 0.3 is 0 Å². The second-order valence-electron chi connectivity index (χ2n) is 6.21. The van der Waals surface area contributed by atoms with Crippen molar-refractivity contribution in [2.45, 2.75) is 26.5 Å². The first kappa shape index (κ1) is 22.9. The molecule has 0 aliphatic rings. The van der Waals surface area contributed by atoms with Gasteiger partial charge in [-0.25, -0.2) is 9.97 Å². The van der Waals surface area contributed by atoms with Crippen LogP contribution in [0.3, 0.4) is 0 Å². The molecule has 0 aliphatic heterocycles. The molecule has 0 atom stereocenters. The van der Waals surface area contributed by atoms with Gasteiger partial charge in [-0.2, -0.15) is 0 Å². The Hall–Kier alpha value is -2.40. The average Bonchev–Trinajstić information content (AvgIpc) is 3.39. The van der Waals surface area contributed by atoms with Crippen molar-refractivity contribution in [1.82, 2.24) is 25.2 Å². The smallest absolute Gasteiger partial charge is 0.191 e. The molecule has 3 heterocycles. The number of halogens is 1. The Labute approximate surface area is 187 Å². The minimum absolute atomic E-state index is 0. The molecule has 0 aromatic carbocycles. The van der Waals surface area contributed by atoms with Crippen LogP contribution in [0.1, 0.15) is 23.6 Å². The van der Waals surface area contributed by atoms with Crippen molar-refractivity contribution in [2.75, 3.05) is 20.2 Å². The normalized spacial score (nSPS) is 11.2.